The summed E-state index contributed by atoms with van der Waals surface area (Å²) < 4.78 is 0. The Bertz CT molecular complexity index is 524. The summed E-state index contributed by atoms with van der Waals surface area (Å²) in [5.74, 6) is 0.0132. The van der Waals surface area contributed by atoms with E-state index in [1.165, 1.54) is 0 Å². The molecule has 1 saturated heterocycles. The van der Waals surface area contributed by atoms with E-state index < -0.39 is 0 Å². The summed E-state index contributed by atoms with van der Waals surface area (Å²) in [6.07, 6.45) is 2.44. The average molecular weight is 354 g/mol. The van der Waals surface area contributed by atoms with Gasteiger partial charge in [0, 0.05) is 38.5 Å². The van der Waals surface area contributed by atoms with Gasteiger partial charge in [0.1, 0.15) is 0 Å². The van der Waals surface area contributed by atoms with Gasteiger partial charge in [0.25, 0.3) is 0 Å². The third-order valence-electron chi connectivity index (χ3n) is 4.38. The SMILES string of the molecule is CC(=O)N(CCC(=O)NC1CCCNC1C)Cc1ccccc1.Cl. The van der Waals surface area contributed by atoms with Gasteiger partial charge in [0.2, 0.25) is 11.8 Å². The lowest BCUT2D eigenvalue weighted by atomic mass is 10.00. The molecule has 1 heterocycles. The van der Waals surface area contributed by atoms with Gasteiger partial charge in [-0.05, 0) is 31.9 Å². The molecule has 24 heavy (non-hydrogen) atoms. The predicted molar refractivity (Wildman–Crippen MR) is 98.0 cm³/mol. The van der Waals surface area contributed by atoms with Gasteiger partial charge < -0.3 is 15.5 Å². The molecule has 5 nitrogen and oxygen atoms in total. The molecule has 0 spiro atoms. The fourth-order valence-electron chi connectivity index (χ4n) is 2.91. The monoisotopic (exact) mass is 353 g/mol. The Balaban J connectivity index is 0.00000288. The van der Waals surface area contributed by atoms with E-state index in [0.717, 1.165) is 24.9 Å². The second-order valence-electron chi connectivity index (χ2n) is 6.24. The maximum Gasteiger partial charge on any atom is 0.222 e. The van der Waals surface area contributed by atoms with Crippen molar-refractivity contribution in [3.05, 3.63) is 35.9 Å². The van der Waals surface area contributed by atoms with E-state index in [4.69, 9.17) is 0 Å². The summed E-state index contributed by atoms with van der Waals surface area (Å²) in [7, 11) is 0. The topological polar surface area (TPSA) is 61.4 Å². The molecule has 6 heteroatoms. The highest BCUT2D eigenvalue weighted by molar-refractivity contribution is 5.85. The number of nitrogens with zero attached hydrogens (tertiary/aromatic N) is 1. The molecule has 0 bridgehead atoms. The molecule has 1 fully saturated rings. The zero-order chi connectivity index (χ0) is 16.7. The standard InChI is InChI=1S/C18H27N3O2.ClH/c1-14-17(9-6-11-19-14)20-18(23)10-12-21(15(2)22)13-16-7-4-3-5-8-16;/h3-5,7-8,14,17,19H,6,9-13H2,1-2H3,(H,20,23);1H. The first-order chi connectivity index (χ1) is 11.1. The lowest BCUT2D eigenvalue weighted by molar-refractivity contribution is -0.130. The van der Waals surface area contributed by atoms with Crippen LogP contribution in [-0.4, -0.2) is 41.9 Å². The van der Waals surface area contributed by atoms with Crippen molar-refractivity contribution in [1.82, 2.24) is 15.5 Å². The Morgan fingerprint density at radius 1 is 1.29 bits per heavy atom. The molecule has 134 valence electrons. The Morgan fingerprint density at radius 3 is 2.62 bits per heavy atom. The van der Waals surface area contributed by atoms with Crippen molar-refractivity contribution in [2.24, 2.45) is 0 Å². The van der Waals surface area contributed by atoms with Crippen molar-refractivity contribution < 1.29 is 9.59 Å². The summed E-state index contributed by atoms with van der Waals surface area (Å²) in [4.78, 5) is 25.7. The van der Waals surface area contributed by atoms with Crippen LogP contribution in [0.25, 0.3) is 0 Å². The number of benzene rings is 1. The Morgan fingerprint density at radius 2 is 2.00 bits per heavy atom. The van der Waals surface area contributed by atoms with Crippen LogP contribution in [0.1, 0.15) is 38.7 Å². The van der Waals surface area contributed by atoms with Gasteiger partial charge >= 0.3 is 0 Å². The first-order valence-corrected chi connectivity index (χ1v) is 8.38. The number of halogens is 1. The Kier molecular flexibility index (Phi) is 8.79. The minimum Gasteiger partial charge on any atom is -0.352 e. The summed E-state index contributed by atoms with van der Waals surface area (Å²) in [6.45, 7) is 5.66. The van der Waals surface area contributed by atoms with Crippen molar-refractivity contribution in [3.8, 4) is 0 Å². The maximum atomic E-state index is 12.2. The number of hydrogen-bond acceptors (Lipinski definition) is 3. The quantitative estimate of drug-likeness (QED) is 0.823. The van der Waals surface area contributed by atoms with Crippen LogP contribution in [-0.2, 0) is 16.1 Å². The first-order valence-electron chi connectivity index (χ1n) is 8.38. The lowest BCUT2D eigenvalue weighted by Gasteiger charge is -2.31. The highest BCUT2D eigenvalue weighted by Crippen LogP contribution is 2.09. The van der Waals surface area contributed by atoms with Crippen molar-refractivity contribution in [2.45, 2.75) is 51.7 Å². The van der Waals surface area contributed by atoms with Crippen LogP contribution in [0, 0.1) is 0 Å². The molecular formula is C18H28ClN3O2. The zero-order valence-electron chi connectivity index (χ0n) is 14.5. The largest absolute Gasteiger partial charge is 0.352 e. The smallest absolute Gasteiger partial charge is 0.222 e. The van der Waals surface area contributed by atoms with Gasteiger partial charge in [-0.1, -0.05) is 30.3 Å². The molecule has 0 radical (unpaired) electrons. The van der Waals surface area contributed by atoms with Crippen molar-refractivity contribution in [2.75, 3.05) is 13.1 Å². The molecular weight excluding hydrogens is 326 g/mol. The highest BCUT2D eigenvalue weighted by atomic mass is 35.5. The highest BCUT2D eigenvalue weighted by Gasteiger charge is 2.22. The fourth-order valence-corrected chi connectivity index (χ4v) is 2.91. The average Bonchev–Trinajstić information content (AvgIpc) is 2.54. The van der Waals surface area contributed by atoms with Gasteiger partial charge in [-0.2, -0.15) is 0 Å². The van der Waals surface area contributed by atoms with E-state index in [9.17, 15) is 9.59 Å². The molecule has 1 aliphatic rings. The van der Waals surface area contributed by atoms with Crippen molar-refractivity contribution >= 4 is 24.2 Å². The summed E-state index contributed by atoms with van der Waals surface area (Å²) in [6, 6.07) is 10.3. The van der Waals surface area contributed by atoms with Gasteiger partial charge in [-0.3, -0.25) is 9.59 Å². The molecule has 0 saturated carbocycles. The second kappa shape index (κ2) is 10.3. The maximum absolute atomic E-state index is 12.2. The van der Waals surface area contributed by atoms with Gasteiger partial charge in [0.15, 0.2) is 0 Å². The van der Waals surface area contributed by atoms with E-state index in [-0.39, 0.29) is 30.3 Å². The van der Waals surface area contributed by atoms with Crippen LogP contribution in [0.15, 0.2) is 30.3 Å². The zero-order valence-corrected chi connectivity index (χ0v) is 15.3. The number of rotatable bonds is 6. The molecule has 2 N–H and O–H groups in total. The van der Waals surface area contributed by atoms with E-state index in [2.05, 4.69) is 17.6 Å². The normalized spacial score (nSPS) is 19.9. The lowest BCUT2D eigenvalue weighted by Crippen LogP contribution is -2.52. The van der Waals surface area contributed by atoms with E-state index in [0.29, 0.717) is 25.6 Å². The molecule has 2 unspecified atom stereocenters. The number of hydrogen-bond donors (Lipinski definition) is 2. The first kappa shape index (κ1) is 20.5. The number of nitrogens with one attached hydrogen (secondary N) is 2. The summed E-state index contributed by atoms with van der Waals surface area (Å²) in [5.41, 5.74) is 1.08. The molecule has 1 aromatic carbocycles. The molecule has 0 aromatic heterocycles. The fraction of sp³-hybridized carbons (Fsp3) is 0.556. The third kappa shape index (κ3) is 6.49. The van der Waals surface area contributed by atoms with Crippen LogP contribution < -0.4 is 10.6 Å². The summed E-state index contributed by atoms with van der Waals surface area (Å²) in [5, 5.41) is 6.46. The van der Waals surface area contributed by atoms with E-state index >= 15 is 0 Å². The molecule has 2 atom stereocenters. The van der Waals surface area contributed by atoms with Gasteiger partial charge in [-0.15, -0.1) is 12.4 Å². The molecule has 2 amide bonds. The molecule has 1 aliphatic heterocycles. The van der Waals surface area contributed by atoms with Crippen molar-refractivity contribution in [3.63, 3.8) is 0 Å². The molecule has 2 rings (SSSR count). The minimum absolute atomic E-state index is 0. The van der Waals surface area contributed by atoms with Crippen LogP contribution in [0.4, 0.5) is 0 Å². The van der Waals surface area contributed by atoms with E-state index in [1.54, 1.807) is 11.8 Å². The Labute approximate surface area is 150 Å². The van der Waals surface area contributed by atoms with Crippen molar-refractivity contribution in [1.29, 1.82) is 0 Å². The second-order valence-corrected chi connectivity index (χ2v) is 6.24. The Hall–Kier alpha value is -1.59. The van der Waals surface area contributed by atoms with E-state index in [1.807, 2.05) is 30.3 Å². The predicted octanol–water partition coefficient (Wildman–Crippen LogP) is 2.10. The third-order valence-corrected chi connectivity index (χ3v) is 4.38. The molecule has 1 aromatic rings. The summed E-state index contributed by atoms with van der Waals surface area (Å²) >= 11 is 0. The van der Waals surface area contributed by atoms with Crippen LogP contribution in [0.3, 0.4) is 0 Å². The number of amides is 2. The van der Waals surface area contributed by atoms with Crippen LogP contribution in [0.5, 0.6) is 0 Å². The van der Waals surface area contributed by atoms with Crippen LogP contribution >= 0.6 is 12.4 Å². The molecule has 0 aliphatic carbocycles. The number of carbonyl (C=O) groups excluding carboxylic acids is 2. The van der Waals surface area contributed by atoms with Gasteiger partial charge in [0.05, 0.1) is 0 Å². The number of carbonyl (C=O) groups is 2. The van der Waals surface area contributed by atoms with Crippen LogP contribution in [0.2, 0.25) is 0 Å². The minimum atomic E-state index is -0.00523. The number of piperidine rings is 1. The van der Waals surface area contributed by atoms with Gasteiger partial charge in [-0.25, -0.2) is 0 Å².